The molecule has 0 aliphatic heterocycles. The number of benzene rings is 9. The van der Waals surface area contributed by atoms with Gasteiger partial charge in [0.1, 0.15) is 0 Å². The lowest BCUT2D eigenvalue weighted by Crippen LogP contribution is -2.14. The third-order valence-corrected chi connectivity index (χ3v) is 14.1. The van der Waals surface area contributed by atoms with Crippen molar-refractivity contribution in [3.8, 4) is 89.5 Å². The molecule has 10 aromatic rings. The van der Waals surface area contributed by atoms with Crippen LogP contribution in [0.15, 0.2) is 206 Å². The number of hydrogen-bond acceptors (Lipinski definition) is 2. The molecule has 2 aliphatic carbocycles. The molecule has 0 unspecified atom stereocenters. The van der Waals surface area contributed by atoms with E-state index in [0.29, 0.717) is 5.82 Å². The third-order valence-electron chi connectivity index (χ3n) is 14.1. The molecule has 2 nitrogen and oxygen atoms in total. The SMILES string of the molecule is CC1(C)c2ccccc2-c2ccc(-c3cc(-c4cc(-c5ccccc5-c5ccccc5)nc(-c5ccccc5)n4)cc(-c4cccc5c4-c4cc6ccccc6cc4C5(C)C)c3)cc21. The fourth-order valence-electron chi connectivity index (χ4n) is 10.7. The summed E-state index contributed by atoms with van der Waals surface area (Å²) in [5.41, 5.74) is 22.3. The van der Waals surface area contributed by atoms with E-state index in [0.717, 1.165) is 50.3 Å². The van der Waals surface area contributed by atoms with Crippen LogP contribution in [-0.4, -0.2) is 9.97 Å². The van der Waals surface area contributed by atoms with Gasteiger partial charge in [-0.3, -0.25) is 0 Å². The van der Waals surface area contributed by atoms with Gasteiger partial charge in [0.2, 0.25) is 0 Å². The Hall–Kier alpha value is -7.68. The Morgan fingerprint density at radius 2 is 0.828 bits per heavy atom. The molecule has 2 aliphatic rings. The molecule has 0 fully saturated rings. The third kappa shape index (κ3) is 6.01. The first kappa shape index (κ1) is 38.0. The summed E-state index contributed by atoms with van der Waals surface area (Å²) >= 11 is 0. The Morgan fingerprint density at radius 3 is 1.61 bits per heavy atom. The quantitative estimate of drug-likeness (QED) is 0.167. The first-order chi connectivity index (χ1) is 31.2. The first-order valence-corrected chi connectivity index (χ1v) is 22.4. The summed E-state index contributed by atoms with van der Waals surface area (Å²) in [6.45, 7) is 9.48. The number of aromatic nitrogens is 2. The zero-order valence-electron chi connectivity index (χ0n) is 36.5. The second-order valence-electron chi connectivity index (χ2n) is 18.6. The smallest absolute Gasteiger partial charge is 0.160 e. The van der Waals surface area contributed by atoms with Gasteiger partial charge in [0.15, 0.2) is 5.82 Å². The van der Waals surface area contributed by atoms with Gasteiger partial charge in [0.05, 0.1) is 11.4 Å². The van der Waals surface area contributed by atoms with Crippen molar-refractivity contribution in [2.24, 2.45) is 0 Å². The topological polar surface area (TPSA) is 25.8 Å². The minimum Gasteiger partial charge on any atom is -0.228 e. The predicted octanol–water partition coefficient (Wildman–Crippen LogP) is 16.2. The lowest BCUT2D eigenvalue weighted by Gasteiger charge is -2.22. The maximum atomic E-state index is 5.43. The van der Waals surface area contributed by atoms with E-state index in [1.165, 1.54) is 66.4 Å². The maximum Gasteiger partial charge on any atom is 0.160 e. The van der Waals surface area contributed by atoms with Crippen LogP contribution in [-0.2, 0) is 10.8 Å². The summed E-state index contributed by atoms with van der Waals surface area (Å²) < 4.78 is 0. The first-order valence-electron chi connectivity index (χ1n) is 22.4. The minimum atomic E-state index is -0.163. The van der Waals surface area contributed by atoms with Crippen LogP contribution in [0, 0.1) is 0 Å². The summed E-state index contributed by atoms with van der Waals surface area (Å²) in [7, 11) is 0. The van der Waals surface area contributed by atoms with Gasteiger partial charge in [-0.15, -0.1) is 0 Å². The Kier molecular flexibility index (Phi) is 8.58. The van der Waals surface area contributed by atoms with Gasteiger partial charge < -0.3 is 0 Å². The van der Waals surface area contributed by atoms with Crippen molar-refractivity contribution in [2.75, 3.05) is 0 Å². The molecule has 1 aromatic heterocycles. The molecule has 9 aromatic carbocycles. The van der Waals surface area contributed by atoms with Gasteiger partial charge >= 0.3 is 0 Å². The van der Waals surface area contributed by atoms with Gasteiger partial charge in [0, 0.05) is 27.5 Å². The molecule has 304 valence electrons. The summed E-state index contributed by atoms with van der Waals surface area (Å²) in [6.07, 6.45) is 0. The molecule has 0 N–H and O–H groups in total. The fraction of sp³-hybridized carbons (Fsp3) is 0.0968. The number of fused-ring (bicyclic) bond motifs is 7. The molecular weight excluding hydrogens is 773 g/mol. The van der Waals surface area contributed by atoms with Crippen molar-refractivity contribution in [2.45, 2.75) is 38.5 Å². The second kappa shape index (κ2) is 14.4. The number of hydrogen-bond donors (Lipinski definition) is 0. The van der Waals surface area contributed by atoms with E-state index in [2.05, 4.69) is 228 Å². The molecule has 0 saturated carbocycles. The summed E-state index contributed by atoms with van der Waals surface area (Å²) in [5, 5.41) is 2.53. The average molecular weight is 819 g/mol. The molecule has 64 heavy (non-hydrogen) atoms. The van der Waals surface area contributed by atoms with E-state index < -0.39 is 0 Å². The molecule has 0 saturated heterocycles. The highest BCUT2D eigenvalue weighted by Gasteiger charge is 2.38. The molecule has 1 heterocycles. The minimum absolute atomic E-state index is 0.126. The summed E-state index contributed by atoms with van der Waals surface area (Å²) in [6, 6.07) is 75.4. The lowest BCUT2D eigenvalue weighted by atomic mass is 9.81. The highest BCUT2D eigenvalue weighted by Crippen LogP contribution is 2.54. The van der Waals surface area contributed by atoms with Crippen LogP contribution >= 0.6 is 0 Å². The Morgan fingerprint density at radius 1 is 0.281 bits per heavy atom. The van der Waals surface area contributed by atoms with Crippen LogP contribution in [0.1, 0.15) is 49.9 Å². The van der Waals surface area contributed by atoms with Crippen LogP contribution in [0.5, 0.6) is 0 Å². The van der Waals surface area contributed by atoms with Crippen molar-refractivity contribution >= 4 is 10.8 Å². The van der Waals surface area contributed by atoms with Crippen molar-refractivity contribution in [3.63, 3.8) is 0 Å². The molecule has 0 amide bonds. The van der Waals surface area contributed by atoms with Crippen LogP contribution in [0.4, 0.5) is 0 Å². The van der Waals surface area contributed by atoms with Crippen LogP contribution in [0.3, 0.4) is 0 Å². The van der Waals surface area contributed by atoms with E-state index in [-0.39, 0.29) is 10.8 Å². The van der Waals surface area contributed by atoms with E-state index in [1.807, 2.05) is 6.07 Å². The largest absolute Gasteiger partial charge is 0.228 e. The molecular formula is C62H46N2. The van der Waals surface area contributed by atoms with E-state index in [9.17, 15) is 0 Å². The van der Waals surface area contributed by atoms with Crippen LogP contribution in [0.25, 0.3) is 100 Å². The summed E-state index contributed by atoms with van der Waals surface area (Å²) in [5.74, 6) is 0.697. The second-order valence-corrected chi connectivity index (χ2v) is 18.6. The van der Waals surface area contributed by atoms with Gasteiger partial charge in [-0.05, 0) is 131 Å². The van der Waals surface area contributed by atoms with Gasteiger partial charge in [-0.1, -0.05) is 191 Å². The Labute approximate surface area is 375 Å². The van der Waals surface area contributed by atoms with E-state index in [1.54, 1.807) is 0 Å². The highest BCUT2D eigenvalue weighted by molar-refractivity contribution is 6.00. The molecule has 0 radical (unpaired) electrons. The summed E-state index contributed by atoms with van der Waals surface area (Å²) in [4.78, 5) is 10.8. The van der Waals surface area contributed by atoms with Crippen molar-refractivity contribution < 1.29 is 0 Å². The van der Waals surface area contributed by atoms with Gasteiger partial charge in [-0.2, -0.15) is 0 Å². The lowest BCUT2D eigenvalue weighted by molar-refractivity contribution is 0.660. The average Bonchev–Trinajstić information content (AvgIpc) is 3.72. The van der Waals surface area contributed by atoms with Crippen LogP contribution < -0.4 is 0 Å². The molecule has 2 heteroatoms. The molecule has 0 spiro atoms. The van der Waals surface area contributed by atoms with Gasteiger partial charge in [0.25, 0.3) is 0 Å². The van der Waals surface area contributed by atoms with Gasteiger partial charge in [-0.25, -0.2) is 9.97 Å². The Balaban J connectivity index is 1.11. The predicted molar refractivity (Wildman–Crippen MR) is 267 cm³/mol. The number of rotatable bonds is 6. The zero-order chi connectivity index (χ0) is 43.2. The van der Waals surface area contributed by atoms with Crippen molar-refractivity contribution in [3.05, 3.63) is 229 Å². The van der Waals surface area contributed by atoms with Crippen molar-refractivity contribution in [1.29, 1.82) is 0 Å². The molecule has 0 atom stereocenters. The Bertz CT molecular complexity index is 3490. The maximum absolute atomic E-state index is 5.43. The molecule has 12 rings (SSSR count). The number of nitrogens with zero attached hydrogens (tertiary/aromatic N) is 2. The standard InChI is InChI=1S/C62H46N2/c1-61(2)53-28-16-15-25-49(53)50-31-30-43(37-55(50)61)44-32-45(48-27-17-29-54-59(48)52-35-41-22-11-12-23-42(41)36-56(52)62(54,3)4)34-46(33-44)57-38-58(64-60(63-57)40-20-9-6-10-21-40)51-26-14-13-24-47(51)39-18-7-5-8-19-39/h5-38H,1-4H3. The zero-order valence-corrected chi connectivity index (χ0v) is 36.5. The monoisotopic (exact) mass is 818 g/mol. The fourth-order valence-corrected chi connectivity index (χ4v) is 10.7. The van der Waals surface area contributed by atoms with Crippen LogP contribution in [0.2, 0.25) is 0 Å². The van der Waals surface area contributed by atoms with E-state index in [4.69, 9.17) is 9.97 Å². The molecule has 0 bridgehead atoms. The van der Waals surface area contributed by atoms with Crippen molar-refractivity contribution in [1.82, 2.24) is 9.97 Å². The highest BCUT2D eigenvalue weighted by atomic mass is 14.9. The normalized spacial score (nSPS) is 13.9. The van der Waals surface area contributed by atoms with E-state index >= 15 is 0 Å².